The highest BCUT2D eigenvalue weighted by Gasteiger charge is 2.16. The van der Waals surface area contributed by atoms with Crippen LogP contribution in [0.4, 0.5) is 0 Å². The highest BCUT2D eigenvalue weighted by atomic mass is 32.2. The maximum absolute atomic E-state index is 11.2. The van der Waals surface area contributed by atoms with Gasteiger partial charge in [-0.25, -0.2) is 13.4 Å². The first-order valence-corrected chi connectivity index (χ1v) is 8.58. The molecule has 0 amide bonds. The molecule has 0 bridgehead atoms. The zero-order valence-electron chi connectivity index (χ0n) is 10.7. The van der Waals surface area contributed by atoms with Crippen LogP contribution in [-0.4, -0.2) is 31.5 Å². The van der Waals surface area contributed by atoms with Crippen LogP contribution in [0.3, 0.4) is 0 Å². The molecule has 0 fully saturated rings. The summed E-state index contributed by atoms with van der Waals surface area (Å²) in [6.07, 6.45) is 4.14. The van der Waals surface area contributed by atoms with E-state index in [0.717, 1.165) is 11.4 Å². The molecule has 0 saturated heterocycles. The Morgan fingerprint density at radius 2 is 2.12 bits per heavy atom. The summed E-state index contributed by atoms with van der Waals surface area (Å²) in [5, 5.41) is 4.27. The second-order valence-corrected chi connectivity index (χ2v) is 7.73. The van der Waals surface area contributed by atoms with E-state index in [0.29, 0.717) is 0 Å². The van der Waals surface area contributed by atoms with Gasteiger partial charge in [0.25, 0.3) is 0 Å². The Balaban J connectivity index is 2.56. The Kier molecular flexibility index (Phi) is 5.09. The number of aryl methyl sites for hydroxylation is 1. The van der Waals surface area contributed by atoms with Gasteiger partial charge in [0.15, 0.2) is 0 Å². The van der Waals surface area contributed by atoms with E-state index in [1.807, 2.05) is 20.0 Å². The lowest BCUT2D eigenvalue weighted by atomic mass is 10.3. The number of hydrogen-bond donors (Lipinski definition) is 1. The predicted octanol–water partition coefficient (Wildman–Crippen LogP) is 1.79. The average molecular weight is 276 g/mol. The van der Waals surface area contributed by atoms with Gasteiger partial charge in [0, 0.05) is 23.4 Å². The smallest absolute Gasteiger partial charge is 0.148 e. The molecule has 1 aromatic rings. The quantitative estimate of drug-likeness (QED) is 0.860. The second-order valence-electron chi connectivity index (χ2n) is 4.40. The topological polar surface area (TPSA) is 59.1 Å². The number of aromatic nitrogens is 1. The Morgan fingerprint density at radius 1 is 1.47 bits per heavy atom. The first-order valence-electron chi connectivity index (χ1n) is 5.70. The van der Waals surface area contributed by atoms with Gasteiger partial charge < -0.3 is 5.32 Å². The van der Waals surface area contributed by atoms with Crippen molar-refractivity contribution in [2.45, 2.75) is 39.3 Å². The van der Waals surface area contributed by atoms with Crippen LogP contribution in [0.5, 0.6) is 0 Å². The minimum atomic E-state index is -2.93. The monoisotopic (exact) mass is 276 g/mol. The van der Waals surface area contributed by atoms with E-state index in [9.17, 15) is 8.42 Å². The third-order valence-electron chi connectivity index (χ3n) is 2.38. The van der Waals surface area contributed by atoms with E-state index in [1.54, 1.807) is 11.3 Å². The third-order valence-corrected chi connectivity index (χ3v) is 4.81. The largest absolute Gasteiger partial charge is 0.305 e. The first-order chi connectivity index (χ1) is 7.81. The van der Waals surface area contributed by atoms with Crippen molar-refractivity contribution in [3.63, 3.8) is 0 Å². The van der Waals surface area contributed by atoms with E-state index in [-0.39, 0.29) is 17.8 Å². The second kappa shape index (κ2) is 5.93. The van der Waals surface area contributed by atoms with Crippen molar-refractivity contribution in [2.75, 3.05) is 12.0 Å². The average Bonchev–Trinajstić information content (AvgIpc) is 2.62. The maximum Gasteiger partial charge on any atom is 0.148 e. The Morgan fingerprint density at radius 3 is 2.59 bits per heavy atom. The van der Waals surface area contributed by atoms with Gasteiger partial charge in [-0.3, -0.25) is 0 Å². The van der Waals surface area contributed by atoms with Crippen LogP contribution in [0, 0.1) is 0 Å². The molecular weight excluding hydrogens is 256 g/mol. The molecule has 1 heterocycles. The standard InChI is InChI=1S/C11H20N2O2S2/c1-5-10-6-12-11(16-10)9(3)13-8(2)7-17(4,14)15/h6,8-9,13H,5,7H2,1-4H3. The van der Waals surface area contributed by atoms with Crippen LogP contribution < -0.4 is 5.32 Å². The molecule has 2 unspecified atom stereocenters. The van der Waals surface area contributed by atoms with Crippen molar-refractivity contribution in [2.24, 2.45) is 0 Å². The van der Waals surface area contributed by atoms with Gasteiger partial charge in [-0.15, -0.1) is 11.3 Å². The molecule has 0 spiro atoms. The lowest BCUT2D eigenvalue weighted by Crippen LogP contribution is -2.34. The SMILES string of the molecule is CCc1cnc(C(C)NC(C)CS(C)(=O)=O)s1. The number of sulfone groups is 1. The van der Waals surface area contributed by atoms with Crippen molar-refractivity contribution in [1.29, 1.82) is 0 Å². The molecule has 17 heavy (non-hydrogen) atoms. The lowest BCUT2D eigenvalue weighted by Gasteiger charge is -2.17. The Labute approximate surface area is 107 Å². The molecule has 0 aromatic carbocycles. The molecule has 4 nitrogen and oxygen atoms in total. The minimum Gasteiger partial charge on any atom is -0.305 e. The molecule has 0 aliphatic carbocycles. The van der Waals surface area contributed by atoms with Crippen LogP contribution in [0.2, 0.25) is 0 Å². The van der Waals surface area contributed by atoms with Crippen molar-refractivity contribution >= 4 is 21.2 Å². The predicted molar refractivity (Wildman–Crippen MR) is 72.2 cm³/mol. The fourth-order valence-corrected chi connectivity index (χ4v) is 3.56. The van der Waals surface area contributed by atoms with E-state index in [2.05, 4.69) is 17.2 Å². The molecule has 1 rings (SSSR count). The van der Waals surface area contributed by atoms with Crippen LogP contribution in [-0.2, 0) is 16.3 Å². The normalized spacial score (nSPS) is 15.8. The first kappa shape index (κ1) is 14.6. The Hall–Kier alpha value is -0.460. The summed E-state index contributed by atoms with van der Waals surface area (Å²) in [6.45, 7) is 5.99. The zero-order valence-corrected chi connectivity index (χ0v) is 12.4. The molecule has 6 heteroatoms. The molecule has 98 valence electrons. The molecule has 0 saturated carbocycles. The molecular formula is C11H20N2O2S2. The maximum atomic E-state index is 11.2. The molecule has 1 aromatic heterocycles. The summed E-state index contributed by atoms with van der Waals surface area (Å²) in [5.74, 6) is 0.156. The molecule has 0 aliphatic rings. The van der Waals surface area contributed by atoms with Crippen LogP contribution >= 0.6 is 11.3 Å². The van der Waals surface area contributed by atoms with Gasteiger partial charge in [-0.1, -0.05) is 6.92 Å². The van der Waals surface area contributed by atoms with Crippen molar-refractivity contribution < 1.29 is 8.42 Å². The molecule has 2 atom stereocenters. The van der Waals surface area contributed by atoms with Crippen molar-refractivity contribution in [3.8, 4) is 0 Å². The fraction of sp³-hybridized carbons (Fsp3) is 0.727. The van der Waals surface area contributed by atoms with Gasteiger partial charge in [0.1, 0.15) is 14.8 Å². The van der Waals surface area contributed by atoms with E-state index < -0.39 is 9.84 Å². The van der Waals surface area contributed by atoms with Gasteiger partial charge in [-0.2, -0.15) is 0 Å². The number of nitrogens with zero attached hydrogens (tertiary/aromatic N) is 1. The van der Waals surface area contributed by atoms with Crippen LogP contribution in [0.25, 0.3) is 0 Å². The van der Waals surface area contributed by atoms with Gasteiger partial charge in [-0.05, 0) is 20.3 Å². The van der Waals surface area contributed by atoms with E-state index >= 15 is 0 Å². The van der Waals surface area contributed by atoms with Crippen LogP contribution in [0.15, 0.2) is 6.20 Å². The van der Waals surface area contributed by atoms with E-state index in [1.165, 1.54) is 11.1 Å². The fourth-order valence-electron chi connectivity index (χ4n) is 1.69. The molecule has 0 radical (unpaired) electrons. The summed E-state index contributed by atoms with van der Waals surface area (Å²) in [6, 6.07) is 0.0334. The summed E-state index contributed by atoms with van der Waals surface area (Å²) in [4.78, 5) is 5.60. The number of hydrogen-bond acceptors (Lipinski definition) is 5. The Bertz CT molecular complexity index is 454. The number of thiazole rings is 1. The summed E-state index contributed by atoms with van der Waals surface area (Å²) >= 11 is 1.68. The number of rotatable bonds is 6. The van der Waals surface area contributed by atoms with Crippen molar-refractivity contribution in [1.82, 2.24) is 10.3 Å². The van der Waals surface area contributed by atoms with Gasteiger partial charge in [0.05, 0.1) is 11.8 Å². The van der Waals surface area contributed by atoms with Gasteiger partial charge >= 0.3 is 0 Å². The molecule has 0 aliphatic heterocycles. The lowest BCUT2D eigenvalue weighted by molar-refractivity contribution is 0.499. The highest BCUT2D eigenvalue weighted by molar-refractivity contribution is 7.90. The van der Waals surface area contributed by atoms with E-state index in [4.69, 9.17) is 0 Å². The third kappa shape index (κ3) is 5.14. The van der Waals surface area contributed by atoms with Crippen molar-refractivity contribution in [3.05, 3.63) is 16.1 Å². The number of nitrogens with one attached hydrogen (secondary N) is 1. The van der Waals surface area contributed by atoms with Crippen LogP contribution in [0.1, 0.15) is 36.7 Å². The zero-order chi connectivity index (χ0) is 13.1. The summed E-state index contributed by atoms with van der Waals surface area (Å²) < 4.78 is 22.3. The highest BCUT2D eigenvalue weighted by Crippen LogP contribution is 2.20. The van der Waals surface area contributed by atoms with Gasteiger partial charge in [0.2, 0.25) is 0 Å². The summed E-state index contributed by atoms with van der Waals surface area (Å²) in [5.41, 5.74) is 0. The summed E-state index contributed by atoms with van der Waals surface area (Å²) in [7, 11) is -2.93. The minimum absolute atomic E-state index is 0.0611. The molecule has 1 N–H and O–H groups in total.